The number of carbonyl (C=O) groups excluding carboxylic acids is 2. The Morgan fingerprint density at radius 2 is 1.77 bits per heavy atom. The Kier molecular flexibility index (Phi) is 6.03. The number of aromatic nitrogens is 1. The molecule has 0 aliphatic rings. The van der Waals surface area contributed by atoms with E-state index in [9.17, 15) is 19.2 Å². The van der Waals surface area contributed by atoms with Gasteiger partial charge in [0.25, 0.3) is 5.91 Å². The fourth-order valence-electron chi connectivity index (χ4n) is 3.13. The molecule has 1 heterocycles. The molecule has 3 rings (SSSR count). The molecule has 0 saturated heterocycles. The Morgan fingerprint density at radius 3 is 2.40 bits per heavy atom. The highest BCUT2D eigenvalue weighted by atomic mass is 35.5. The molecular formula is C22H19ClFN3O3. The van der Waals surface area contributed by atoms with E-state index < -0.39 is 23.3 Å². The van der Waals surface area contributed by atoms with Crippen LogP contribution in [0.25, 0.3) is 11.1 Å². The molecule has 0 atom stereocenters. The summed E-state index contributed by atoms with van der Waals surface area (Å²) in [7, 11) is 0. The van der Waals surface area contributed by atoms with Gasteiger partial charge in [-0.3, -0.25) is 10.1 Å². The molecule has 0 aliphatic heterocycles. The molecule has 0 unspecified atom stereocenters. The largest absolute Gasteiger partial charge is 0.427 e. The van der Waals surface area contributed by atoms with Gasteiger partial charge in [0.15, 0.2) is 5.49 Å². The van der Waals surface area contributed by atoms with Crippen molar-refractivity contribution in [2.45, 2.75) is 20.8 Å². The lowest BCUT2D eigenvalue weighted by molar-refractivity contribution is 0.0961. The molecular weight excluding hydrogens is 409 g/mol. The number of halogens is 2. The number of nitrogens with one attached hydrogen (secondary N) is 1. The number of aryl methyl sites for hydroxylation is 2. The summed E-state index contributed by atoms with van der Waals surface area (Å²) >= 11 is 5.83. The third-order valence-corrected chi connectivity index (χ3v) is 4.92. The average Bonchev–Trinajstić information content (AvgIpc) is 2.67. The van der Waals surface area contributed by atoms with Gasteiger partial charge in [-0.1, -0.05) is 47.5 Å². The number of imide groups is 1. The Bertz CT molecular complexity index is 1200. The Balaban J connectivity index is 1.95. The second-order valence-corrected chi connectivity index (χ2v) is 7.20. The highest BCUT2D eigenvalue weighted by Gasteiger charge is 2.18. The van der Waals surface area contributed by atoms with E-state index in [2.05, 4.69) is 4.99 Å². The molecule has 2 aromatic carbocycles. The number of carbonyl (C=O) groups is 2. The maximum absolute atomic E-state index is 13.8. The normalized spacial score (nSPS) is 11.4. The molecule has 1 aromatic heterocycles. The van der Waals surface area contributed by atoms with Crippen molar-refractivity contribution in [3.05, 3.63) is 87.2 Å². The maximum atomic E-state index is 13.8. The van der Waals surface area contributed by atoms with E-state index >= 15 is 0 Å². The molecule has 3 amide bonds. The first kappa shape index (κ1) is 21.3. The monoisotopic (exact) mass is 427 g/mol. The van der Waals surface area contributed by atoms with Gasteiger partial charge in [0.1, 0.15) is 5.82 Å². The first-order valence-electron chi connectivity index (χ1n) is 9.02. The number of amides is 3. The number of nitrogens with zero attached hydrogens (tertiary/aromatic N) is 2. The van der Waals surface area contributed by atoms with Crippen LogP contribution < -0.4 is 10.8 Å². The second-order valence-electron chi connectivity index (χ2n) is 6.79. The number of pyridine rings is 1. The minimum Gasteiger partial charge on any atom is -0.427 e. The van der Waals surface area contributed by atoms with Crippen molar-refractivity contribution < 1.29 is 19.2 Å². The predicted octanol–water partition coefficient (Wildman–Crippen LogP) is 4.56. The van der Waals surface area contributed by atoms with E-state index in [1.807, 2.05) is 43.4 Å². The first-order chi connectivity index (χ1) is 14.2. The van der Waals surface area contributed by atoms with Crippen LogP contribution in [0.4, 0.5) is 9.18 Å². The van der Waals surface area contributed by atoms with Gasteiger partial charge in [0.2, 0.25) is 0 Å². The van der Waals surface area contributed by atoms with Crippen LogP contribution in [0, 0.1) is 26.6 Å². The van der Waals surface area contributed by atoms with Crippen LogP contribution in [0.1, 0.15) is 27.2 Å². The van der Waals surface area contributed by atoms with Crippen LogP contribution in [-0.4, -0.2) is 21.9 Å². The number of urea groups is 1. The zero-order valence-corrected chi connectivity index (χ0v) is 17.3. The molecule has 0 bridgehead atoms. The van der Waals surface area contributed by atoms with Gasteiger partial charge in [-0.05, 0) is 50.1 Å². The van der Waals surface area contributed by atoms with Crippen molar-refractivity contribution in [3.8, 4) is 11.1 Å². The summed E-state index contributed by atoms with van der Waals surface area (Å²) in [6.07, 6.45) is 0. The van der Waals surface area contributed by atoms with Gasteiger partial charge in [0.05, 0.1) is 16.3 Å². The van der Waals surface area contributed by atoms with Crippen LogP contribution in [0.5, 0.6) is 0 Å². The van der Waals surface area contributed by atoms with Crippen molar-refractivity contribution in [3.63, 3.8) is 0 Å². The summed E-state index contributed by atoms with van der Waals surface area (Å²) in [6, 6.07) is 12.0. The van der Waals surface area contributed by atoms with E-state index in [0.29, 0.717) is 5.69 Å². The van der Waals surface area contributed by atoms with Crippen molar-refractivity contribution >= 4 is 23.5 Å². The van der Waals surface area contributed by atoms with Crippen molar-refractivity contribution in [1.82, 2.24) is 10.0 Å². The van der Waals surface area contributed by atoms with Crippen LogP contribution in [0.3, 0.4) is 0 Å². The van der Waals surface area contributed by atoms with Gasteiger partial charge < -0.3 is 5.21 Å². The molecule has 0 saturated carbocycles. The van der Waals surface area contributed by atoms with E-state index in [1.54, 1.807) is 6.92 Å². The Labute approximate surface area is 177 Å². The molecule has 154 valence electrons. The summed E-state index contributed by atoms with van der Waals surface area (Å²) in [4.78, 5) is 28.1. The molecule has 6 nitrogen and oxygen atoms in total. The fourth-order valence-corrected chi connectivity index (χ4v) is 3.38. The highest BCUT2D eigenvalue weighted by molar-refractivity contribution is 6.34. The molecule has 30 heavy (non-hydrogen) atoms. The van der Waals surface area contributed by atoms with Crippen LogP contribution >= 0.6 is 11.6 Å². The molecule has 2 N–H and O–H groups in total. The third kappa shape index (κ3) is 4.26. The zero-order chi connectivity index (χ0) is 22.0. The van der Waals surface area contributed by atoms with E-state index in [1.165, 1.54) is 18.2 Å². The van der Waals surface area contributed by atoms with E-state index in [-0.39, 0.29) is 10.5 Å². The SMILES string of the molecule is Cc1ccc(-c2c(C)cc(=NC(=O)NC(=O)c3c(F)cccc3Cl)n(O)c2C)cc1. The smallest absolute Gasteiger partial charge is 0.349 e. The fraction of sp³-hybridized carbons (Fsp3) is 0.136. The van der Waals surface area contributed by atoms with Gasteiger partial charge in [-0.2, -0.15) is 9.72 Å². The van der Waals surface area contributed by atoms with Crippen molar-refractivity contribution in [2.24, 2.45) is 4.99 Å². The summed E-state index contributed by atoms with van der Waals surface area (Å²) < 4.78 is 14.6. The van der Waals surface area contributed by atoms with Crippen LogP contribution in [0.15, 0.2) is 53.5 Å². The summed E-state index contributed by atoms with van der Waals surface area (Å²) in [6.45, 7) is 5.48. The Morgan fingerprint density at radius 1 is 1.10 bits per heavy atom. The number of hydrogen-bond donors (Lipinski definition) is 2. The third-order valence-electron chi connectivity index (χ3n) is 4.60. The minimum atomic E-state index is -1.07. The lowest BCUT2D eigenvalue weighted by Gasteiger charge is -2.14. The lowest BCUT2D eigenvalue weighted by atomic mass is 9.98. The second kappa shape index (κ2) is 8.51. The van der Waals surface area contributed by atoms with E-state index in [4.69, 9.17) is 11.6 Å². The average molecular weight is 428 g/mol. The lowest BCUT2D eigenvalue weighted by Crippen LogP contribution is -2.32. The van der Waals surface area contributed by atoms with Crippen LogP contribution in [-0.2, 0) is 0 Å². The minimum absolute atomic E-state index is 0.0780. The standard InChI is InChI=1S/C22H19ClFN3O3/c1-12-7-9-15(10-8-12)19-13(2)11-18(27(30)14(19)3)25-22(29)26-21(28)20-16(23)5-4-6-17(20)24/h4-11,30H,1-3H3,(H,26,28,29). The molecule has 0 spiro atoms. The topological polar surface area (TPSA) is 83.7 Å². The summed E-state index contributed by atoms with van der Waals surface area (Å²) in [5.41, 5.74) is 3.51. The van der Waals surface area contributed by atoms with Crippen molar-refractivity contribution in [1.29, 1.82) is 0 Å². The van der Waals surface area contributed by atoms with Gasteiger partial charge in [-0.25, -0.2) is 9.18 Å². The zero-order valence-electron chi connectivity index (χ0n) is 16.5. The summed E-state index contributed by atoms with van der Waals surface area (Å²) in [5, 5.41) is 12.3. The molecule has 3 aromatic rings. The number of hydrogen-bond acceptors (Lipinski definition) is 3. The predicted molar refractivity (Wildman–Crippen MR) is 111 cm³/mol. The Hall–Kier alpha value is -3.45. The maximum Gasteiger partial charge on any atom is 0.349 e. The number of rotatable bonds is 2. The van der Waals surface area contributed by atoms with Gasteiger partial charge >= 0.3 is 6.03 Å². The molecule has 8 heteroatoms. The quantitative estimate of drug-likeness (QED) is 0.588. The first-order valence-corrected chi connectivity index (χ1v) is 9.40. The molecule has 0 radical (unpaired) electrons. The van der Waals surface area contributed by atoms with Gasteiger partial charge in [-0.15, -0.1) is 0 Å². The highest BCUT2D eigenvalue weighted by Crippen LogP contribution is 2.25. The number of benzene rings is 2. The van der Waals surface area contributed by atoms with Crippen molar-refractivity contribution in [2.75, 3.05) is 0 Å². The van der Waals surface area contributed by atoms with Crippen LogP contribution in [0.2, 0.25) is 5.02 Å². The molecule has 0 aliphatic carbocycles. The summed E-state index contributed by atoms with van der Waals surface area (Å²) in [5.74, 6) is -1.89. The molecule has 0 fully saturated rings. The van der Waals surface area contributed by atoms with E-state index in [0.717, 1.165) is 33.1 Å². The van der Waals surface area contributed by atoms with Gasteiger partial charge in [0, 0.05) is 5.56 Å².